The minimum Gasteiger partial charge on any atom is -0.321 e. The Morgan fingerprint density at radius 2 is 1.88 bits per heavy atom. The van der Waals surface area contributed by atoms with Crippen molar-refractivity contribution < 1.29 is 0 Å². The van der Waals surface area contributed by atoms with Crippen molar-refractivity contribution in [3.63, 3.8) is 0 Å². The van der Waals surface area contributed by atoms with Crippen LogP contribution in [0.4, 0.5) is 0 Å². The second-order valence-electron chi connectivity index (χ2n) is 5.97. The average Bonchev–Trinajstić information content (AvgIpc) is 2.19. The SMILES string of the molecule is CC1(C)CCCC(N)(c2cc(Cl)ccc2Cl)C1. The lowest BCUT2D eigenvalue weighted by atomic mass is 9.66. The highest BCUT2D eigenvalue weighted by molar-refractivity contribution is 6.33. The number of hydrogen-bond acceptors (Lipinski definition) is 1. The Morgan fingerprint density at radius 1 is 1.18 bits per heavy atom. The molecule has 0 radical (unpaired) electrons. The zero-order chi connectivity index (χ0) is 12.7. The van der Waals surface area contributed by atoms with Crippen molar-refractivity contribution in [1.29, 1.82) is 0 Å². The van der Waals surface area contributed by atoms with E-state index in [1.165, 1.54) is 6.42 Å². The smallest absolute Gasteiger partial charge is 0.0457 e. The van der Waals surface area contributed by atoms with Gasteiger partial charge >= 0.3 is 0 Å². The van der Waals surface area contributed by atoms with Crippen molar-refractivity contribution in [1.82, 2.24) is 0 Å². The van der Waals surface area contributed by atoms with Gasteiger partial charge in [-0.25, -0.2) is 0 Å². The highest BCUT2D eigenvalue weighted by Gasteiger charge is 2.39. The molecule has 0 amide bonds. The quantitative estimate of drug-likeness (QED) is 0.784. The molecule has 1 fully saturated rings. The van der Waals surface area contributed by atoms with Gasteiger partial charge in [0, 0.05) is 15.6 Å². The maximum atomic E-state index is 6.58. The zero-order valence-electron chi connectivity index (χ0n) is 10.4. The highest BCUT2D eigenvalue weighted by atomic mass is 35.5. The Bertz CT molecular complexity index is 428. The summed E-state index contributed by atoms with van der Waals surface area (Å²) in [5, 5.41) is 1.44. The second kappa shape index (κ2) is 4.46. The Hall–Kier alpha value is -0.240. The zero-order valence-corrected chi connectivity index (χ0v) is 11.9. The summed E-state index contributed by atoms with van der Waals surface area (Å²) in [5.41, 5.74) is 7.53. The molecule has 0 bridgehead atoms. The fraction of sp³-hybridized carbons (Fsp3) is 0.571. The maximum Gasteiger partial charge on any atom is 0.0457 e. The molecule has 3 heteroatoms. The normalized spacial score (nSPS) is 28.1. The van der Waals surface area contributed by atoms with E-state index in [-0.39, 0.29) is 11.0 Å². The van der Waals surface area contributed by atoms with Gasteiger partial charge in [0.05, 0.1) is 0 Å². The molecular weight excluding hydrogens is 253 g/mol. The molecular formula is C14H19Cl2N. The molecule has 1 aliphatic rings. The Labute approximate surface area is 113 Å². The molecule has 1 aromatic carbocycles. The van der Waals surface area contributed by atoms with Crippen molar-refractivity contribution in [2.75, 3.05) is 0 Å². The minimum absolute atomic E-state index is 0.276. The van der Waals surface area contributed by atoms with Gasteiger partial charge in [0.25, 0.3) is 0 Å². The molecule has 1 unspecified atom stereocenters. The summed E-state index contributed by atoms with van der Waals surface area (Å²) < 4.78 is 0. The molecule has 1 aromatic rings. The molecule has 0 saturated heterocycles. The molecule has 1 nitrogen and oxygen atoms in total. The van der Waals surface area contributed by atoms with Crippen molar-refractivity contribution in [2.45, 2.75) is 45.1 Å². The molecule has 94 valence electrons. The number of halogens is 2. The molecule has 1 saturated carbocycles. The van der Waals surface area contributed by atoms with E-state index in [1.807, 2.05) is 18.2 Å². The van der Waals surface area contributed by atoms with Crippen LogP contribution in [-0.2, 0) is 5.54 Å². The van der Waals surface area contributed by atoms with Gasteiger partial charge in [-0.2, -0.15) is 0 Å². The maximum absolute atomic E-state index is 6.58. The predicted molar refractivity (Wildman–Crippen MR) is 74.6 cm³/mol. The summed E-state index contributed by atoms with van der Waals surface area (Å²) in [6.45, 7) is 4.54. The third-order valence-corrected chi connectivity index (χ3v) is 4.30. The van der Waals surface area contributed by atoms with Crippen LogP contribution in [0, 0.1) is 5.41 Å². The van der Waals surface area contributed by atoms with Crippen molar-refractivity contribution in [2.24, 2.45) is 11.1 Å². The van der Waals surface area contributed by atoms with E-state index in [1.54, 1.807) is 0 Å². The van der Waals surface area contributed by atoms with Gasteiger partial charge in [0.15, 0.2) is 0 Å². The van der Waals surface area contributed by atoms with E-state index in [2.05, 4.69) is 13.8 Å². The number of rotatable bonds is 1. The first kappa shape index (κ1) is 13.2. The summed E-state index contributed by atoms with van der Waals surface area (Å²) in [7, 11) is 0. The fourth-order valence-electron chi connectivity index (χ4n) is 3.02. The molecule has 0 aliphatic heterocycles. The Kier molecular flexibility index (Phi) is 3.46. The minimum atomic E-state index is -0.330. The topological polar surface area (TPSA) is 26.0 Å². The largest absolute Gasteiger partial charge is 0.321 e. The van der Waals surface area contributed by atoms with Crippen LogP contribution in [0.15, 0.2) is 18.2 Å². The van der Waals surface area contributed by atoms with Crippen LogP contribution in [0.3, 0.4) is 0 Å². The van der Waals surface area contributed by atoms with Crippen LogP contribution >= 0.6 is 23.2 Å². The third kappa shape index (κ3) is 2.78. The summed E-state index contributed by atoms with van der Waals surface area (Å²) in [4.78, 5) is 0. The van der Waals surface area contributed by atoms with E-state index in [0.29, 0.717) is 5.02 Å². The third-order valence-electron chi connectivity index (χ3n) is 3.74. The fourth-order valence-corrected chi connectivity index (χ4v) is 3.50. The first-order chi connectivity index (χ1) is 7.82. The number of benzene rings is 1. The molecule has 17 heavy (non-hydrogen) atoms. The first-order valence-electron chi connectivity index (χ1n) is 6.07. The predicted octanol–water partition coefficient (Wildman–Crippen LogP) is 4.75. The average molecular weight is 272 g/mol. The van der Waals surface area contributed by atoms with Crippen LogP contribution in [0.25, 0.3) is 0 Å². The van der Waals surface area contributed by atoms with Gasteiger partial charge in [0.2, 0.25) is 0 Å². The lowest BCUT2D eigenvalue weighted by molar-refractivity contribution is 0.151. The molecule has 2 N–H and O–H groups in total. The summed E-state index contributed by atoms with van der Waals surface area (Å²) in [5.74, 6) is 0. The van der Waals surface area contributed by atoms with Crippen LogP contribution in [0.5, 0.6) is 0 Å². The van der Waals surface area contributed by atoms with Gasteiger partial charge in [-0.3, -0.25) is 0 Å². The van der Waals surface area contributed by atoms with Gasteiger partial charge < -0.3 is 5.73 Å². The van der Waals surface area contributed by atoms with Gasteiger partial charge in [0.1, 0.15) is 0 Å². The summed E-state index contributed by atoms with van der Waals surface area (Å²) in [6.07, 6.45) is 4.31. The molecule has 1 atom stereocenters. The molecule has 0 aromatic heterocycles. The molecule has 1 aliphatic carbocycles. The van der Waals surface area contributed by atoms with Crippen molar-refractivity contribution in [3.05, 3.63) is 33.8 Å². The van der Waals surface area contributed by atoms with Crippen molar-refractivity contribution >= 4 is 23.2 Å². The molecule has 2 rings (SSSR count). The number of hydrogen-bond donors (Lipinski definition) is 1. The van der Waals surface area contributed by atoms with Gasteiger partial charge in [-0.05, 0) is 48.4 Å². The molecule has 0 spiro atoms. The standard InChI is InChI=1S/C14H19Cl2N/c1-13(2)6-3-7-14(17,9-13)11-8-10(15)4-5-12(11)16/h4-5,8H,3,6-7,9,17H2,1-2H3. The summed E-state index contributed by atoms with van der Waals surface area (Å²) >= 11 is 12.3. The van der Waals surface area contributed by atoms with Crippen LogP contribution in [0.1, 0.15) is 45.1 Å². The Balaban J connectivity index is 2.40. The van der Waals surface area contributed by atoms with E-state index in [4.69, 9.17) is 28.9 Å². The van der Waals surface area contributed by atoms with Crippen LogP contribution < -0.4 is 5.73 Å². The monoisotopic (exact) mass is 271 g/mol. The Morgan fingerprint density at radius 3 is 2.53 bits per heavy atom. The number of nitrogens with two attached hydrogens (primary N) is 1. The lowest BCUT2D eigenvalue weighted by Gasteiger charge is -2.43. The van der Waals surface area contributed by atoms with E-state index in [9.17, 15) is 0 Å². The lowest BCUT2D eigenvalue weighted by Crippen LogP contribution is -2.44. The van der Waals surface area contributed by atoms with Gasteiger partial charge in [-0.1, -0.05) is 43.5 Å². The van der Waals surface area contributed by atoms with E-state index in [0.717, 1.165) is 29.8 Å². The second-order valence-corrected chi connectivity index (χ2v) is 6.82. The van der Waals surface area contributed by atoms with Crippen LogP contribution in [-0.4, -0.2) is 0 Å². The first-order valence-corrected chi connectivity index (χ1v) is 6.82. The molecule has 0 heterocycles. The summed E-state index contributed by atoms with van der Waals surface area (Å²) in [6, 6.07) is 5.57. The van der Waals surface area contributed by atoms with Crippen molar-refractivity contribution in [3.8, 4) is 0 Å². The van der Waals surface area contributed by atoms with Gasteiger partial charge in [-0.15, -0.1) is 0 Å². The highest BCUT2D eigenvalue weighted by Crippen LogP contribution is 2.46. The van der Waals surface area contributed by atoms with E-state index >= 15 is 0 Å². The van der Waals surface area contributed by atoms with Crippen LogP contribution in [0.2, 0.25) is 10.0 Å². The van der Waals surface area contributed by atoms with E-state index < -0.39 is 0 Å².